The lowest BCUT2D eigenvalue weighted by molar-refractivity contribution is 0.498. The second-order valence-corrected chi connectivity index (χ2v) is 9.52. The van der Waals surface area contributed by atoms with E-state index < -0.39 is 0 Å². The van der Waals surface area contributed by atoms with Gasteiger partial charge in [0.2, 0.25) is 5.82 Å². The fraction of sp³-hybridized carbons (Fsp3) is 0.444. The summed E-state index contributed by atoms with van der Waals surface area (Å²) in [5, 5.41) is 14.3. The molecule has 0 amide bonds. The summed E-state index contributed by atoms with van der Waals surface area (Å²) in [7, 11) is 0. The molecule has 0 unspecified atom stereocenters. The molecule has 0 atom stereocenters. The molecule has 0 bridgehead atoms. The number of H-pyrrole nitrogens is 1. The van der Waals surface area contributed by atoms with Gasteiger partial charge in [-0.2, -0.15) is 5.21 Å². The zero-order chi connectivity index (χ0) is 24.8. The molecule has 0 aliphatic rings. The van der Waals surface area contributed by atoms with Gasteiger partial charge in [0.1, 0.15) is 5.69 Å². The monoisotopic (exact) mass is 473 g/mol. The van der Waals surface area contributed by atoms with Gasteiger partial charge in [-0.25, -0.2) is 4.79 Å². The fourth-order valence-corrected chi connectivity index (χ4v) is 4.48. The van der Waals surface area contributed by atoms with E-state index >= 15 is 0 Å². The van der Waals surface area contributed by atoms with Crippen LogP contribution >= 0.6 is 0 Å². The van der Waals surface area contributed by atoms with Crippen molar-refractivity contribution >= 4 is 0 Å². The third-order valence-electron chi connectivity index (χ3n) is 6.53. The Balaban J connectivity index is 1.62. The van der Waals surface area contributed by atoms with Crippen LogP contribution in [0.5, 0.6) is 0 Å². The van der Waals surface area contributed by atoms with Crippen molar-refractivity contribution in [1.82, 2.24) is 34.7 Å². The average molecular weight is 474 g/mol. The molecular formula is C27H35N7O. The van der Waals surface area contributed by atoms with Crippen LogP contribution in [-0.2, 0) is 19.5 Å². The fourth-order valence-electron chi connectivity index (χ4n) is 4.48. The average Bonchev–Trinajstić information content (AvgIpc) is 3.47. The second-order valence-electron chi connectivity index (χ2n) is 9.52. The third kappa shape index (κ3) is 5.58. The Bertz CT molecular complexity index is 1280. The Morgan fingerprint density at radius 2 is 1.86 bits per heavy atom. The van der Waals surface area contributed by atoms with Crippen LogP contribution in [0, 0.1) is 12.8 Å². The molecule has 35 heavy (non-hydrogen) atoms. The van der Waals surface area contributed by atoms with Gasteiger partial charge in [-0.15, -0.1) is 10.2 Å². The Labute approximate surface area is 206 Å². The SMILES string of the molecule is CCCCCc1c(C)n(CCC(C)C)c(=O)n1Cc1ccc(-c2cccnc2-c2nn[nH]n2)cc1. The summed E-state index contributed by atoms with van der Waals surface area (Å²) in [6.45, 7) is 10.1. The number of aromatic amines is 1. The van der Waals surface area contributed by atoms with Crippen LogP contribution in [0.2, 0.25) is 0 Å². The summed E-state index contributed by atoms with van der Waals surface area (Å²) < 4.78 is 3.96. The van der Waals surface area contributed by atoms with E-state index in [1.165, 1.54) is 18.5 Å². The lowest BCUT2D eigenvalue weighted by Gasteiger charge is -2.10. The third-order valence-corrected chi connectivity index (χ3v) is 6.53. The summed E-state index contributed by atoms with van der Waals surface area (Å²) in [5.41, 5.74) is 6.12. The zero-order valence-corrected chi connectivity index (χ0v) is 21.2. The summed E-state index contributed by atoms with van der Waals surface area (Å²) >= 11 is 0. The van der Waals surface area contributed by atoms with E-state index in [-0.39, 0.29) is 5.69 Å². The number of aromatic nitrogens is 7. The maximum Gasteiger partial charge on any atom is 0.328 e. The molecule has 4 rings (SSSR count). The van der Waals surface area contributed by atoms with Crippen molar-refractivity contribution in [3.8, 4) is 22.6 Å². The van der Waals surface area contributed by atoms with Crippen molar-refractivity contribution in [2.75, 3.05) is 0 Å². The molecule has 3 heterocycles. The normalized spacial score (nSPS) is 11.5. The lowest BCUT2D eigenvalue weighted by Crippen LogP contribution is -2.26. The van der Waals surface area contributed by atoms with Crippen LogP contribution in [0.1, 0.15) is 63.4 Å². The summed E-state index contributed by atoms with van der Waals surface area (Å²) in [5.74, 6) is 1.02. The van der Waals surface area contributed by atoms with Crippen molar-refractivity contribution in [3.05, 3.63) is 70.0 Å². The topological polar surface area (TPSA) is 94.3 Å². The van der Waals surface area contributed by atoms with Gasteiger partial charge in [-0.3, -0.25) is 14.1 Å². The highest BCUT2D eigenvalue weighted by Gasteiger charge is 2.17. The van der Waals surface area contributed by atoms with Crippen molar-refractivity contribution in [2.24, 2.45) is 5.92 Å². The van der Waals surface area contributed by atoms with Crippen LogP contribution in [0.15, 0.2) is 47.4 Å². The molecule has 0 fully saturated rings. The minimum absolute atomic E-state index is 0.102. The van der Waals surface area contributed by atoms with Crippen molar-refractivity contribution in [2.45, 2.75) is 72.9 Å². The van der Waals surface area contributed by atoms with Gasteiger partial charge in [0.05, 0.1) is 6.54 Å². The molecule has 1 aromatic carbocycles. The first-order valence-electron chi connectivity index (χ1n) is 12.6. The van der Waals surface area contributed by atoms with E-state index in [4.69, 9.17) is 0 Å². The molecular weight excluding hydrogens is 438 g/mol. The summed E-state index contributed by atoms with van der Waals surface area (Å²) in [6.07, 6.45) is 7.10. The van der Waals surface area contributed by atoms with E-state index in [1.54, 1.807) is 6.20 Å². The number of hydrogen-bond acceptors (Lipinski definition) is 5. The number of nitrogens with one attached hydrogen (secondary N) is 1. The largest absolute Gasteiger partial charge is 0.328 e. The van der Waals surface area contributed by atoms with E-state index in [9.17, 15) is 4.79 Å². The van der Waals surface area contributed by atoms with Crippen LogP contribution in [0.25, 0.3) is 22.6 Å². The van der Waals surface area contributed by atoms with E-state index in [1.807, 2.05) is 21.3 Å². The first-order chi connectivity index (χ1) is 17.0. The summed E-state index contributed by atoms with van der Waals surface area (Å²) in [4.78, 5) is 17.9. The van der Waals surface area contributed by atoms with Crippen molar-refractivity contribution in [1.29, 1.82) is 0 Å². The number of imidazole rings is 1. The molecule has 1 N–H and O–H groups in total. The van der Waals surface area contributed by atoms with Crippen molar-refractivity contribution in [3.63, 3.8) is 0 Å². The van der Waals surface area contributed by atoms with Crippen molar-refractivity contribution < 1.29 is 0 Å². The highest BCUT2D eigenvalue weighted by molar-refractivity contribution is 5.77. The smallest absolute Gasteiger partial charge is 0.296 e. The molecule has 4 aromatic rings. The Kier molecular flexibility index (Phi) is 7.90. The number of tetrazole rings is 1. The predicted molar refractivity (Wildman–Crippen MR) is 138 cm³/mol. The number of rotatable bonds is 11. The molecule has 0 spiro atoms. The van der Waals surface area contributed by atoms with Gasteiger partial charge < -0.3 is 0 Å². The van der Waals surface area contributed by atoms with E-state index in [2.05, 4.69) is 77.6 Å². The van der Waals surface area contributed by atoms with Gasteiger partial charge in [-0.05, 0) is 54.5 Å². The van der Waals surface area contributed by atoms with Gasteiger partial charge in [-0.1, -0.05) is 63.9 Å². The highest BCUT2D eigenvalue weighted by atomic mass is 16.1. The molecule has 0 aliphatic heterocycles. The van der Waals surface area contributed by atoms with Crippen LogP contribution < -0.4 is 5.69 Å². The molecule has 8 nitrogen and oxygen atoms in total. The highest BCUT2D eigenvalue weighted by Crippen LogP contribution is 2.28. The van der Waals surface area contributed by atoms with Gasteiger partial charge in [0.15, 0.2) is 0 Å². The zero-order valence-electron chi connectivity index (χ0n) is 21.2. The Hall–Kier alpha value is -3.55. The van der Waals surface area contributed by atoms with Crippen LogP contribution in [-0.4, -0.2) is 34.7 Å². The van der Waals surface area contributed by atoms with Crippen LogP contribution in [0.3, 0.4) is 0 Å². The molecule has 0 radical (unpaired) electrons. The first kappa shape index (κ1) is 24.6. The molecule has 0 aliphatic carbocycles. The van der Waals surface area contributed by atoms with E-state index in [0.29, 0.717) is 24.0 Å². The Morgan fingerprint density at radius 1 is 1.06 bits per heavy atom. The minimum Gasteiger partial charge on any atom is -0.296 e. The molecule has 184 valence electrons. The maximum atomic E-state index is 13.4. The van der Waals surface area contributed by atoms with Gasteiger partial charge in [0.25, 0.3) is 0 Å². The summed E-state index contributed by atoms with van der Waals surface area (Å²) in [6, 6.07) is 12.2. The maximum absolute atomic E-state index is 13.4. The van der Waals surface area contributed by atoms with Crippen LogP contribution in [0.4, 0.5) is 0 Å². The number of hydrogen-bond donors (Lipinski definition) is 1. The standard InChI is InChI=1S/C27H35N7O/c1-5-6-7-10-24-20(4)33(17-15-19(2)3)27(35)34(24)18-21-11-13-22(14-12-21)23-9-8-16-28-25(23)26-29-31-32-30-26/h8-9,11-14,16,19H,5-7,10,15,17-18H2,1-4H3,(H,29,30,31,32). The number of unbranched alkanes of at least 4 members (excludes halogenated alkanes) is 2. The lowest BCUT2D eigenvalue weighted by atomic mass is 10.0. The number of pyridine rings is 1. The second kappa shape index (κ2) is 11.3. The molecule has 8 heteroatoms. The predicted octanol–water partition coefficient (Wildman–Crippen LogP) is 5.03. The molecule has 3 aromatic heterocycles. The number of nitrogens with zero attached hydrogens (tertiary/aromatic N) is 6. The first-order valence-corrected chi connectivity index (χ1v) is 12.6. The molecule has 0 saturated carbocycles. The molecule has 0 saturated heterocycles. The Morgan fingerprint density at radius 3 is 2.54 bits per heavy atom. The minimum atomic E-state index is 0.102. The van der Waals surface area contributed by atoms with E-state index in [0.717, 1.165) is 48.2 Å². The number of benzene rings is 1. The quantitative estimate of drug-likeness (QED) is 0.308. The van der Waals surface area contributed by atoms with Gasteiger partial charge >= 0.3 is 5.69 Å². The van der Waals surface area contributed by atoms with Gasteiger partial charge in [0, 0.05) is 29.7 Å².